The molecule has 3 rings (SSSR count). The van der Waals surface area contributed by atoms with Crippen molar-refractivity contribution in [1.82, 2.24) is 4.90 Å². The van der Waals surface area contributed by atoms with Gasteiger partial charge in [-0.15, -0.1) is 0 Å². The molecule has 0 radical (unpaired) electrons. The molecule has 1 aliphatic heterocycles. The average molecular weight is 330 g/mol. The SMILES string of the molecule is CN1C(=O)C(O)C(c2ccc(Cl)cc2)[C@H]1C(=O)c1ccccc1. The molecule has 1 saturated heterocycles. The minimum atomic E-state index is -1.24. The van der Waals surface area contributed by atoms with E-state index in [1.807, 2.05) is 6.07 Å². The molecule has 1 N–H and O–H groups in total. The van der Waals surface area contributed by atoms with E-state index in [9.17, 15) is 14.7 Å². The lowest BCUT2D eigenvalue weighted by Crippen LogP contribution is -2.38. The summed E-state index contributed by atoms with van der Waals surface area (Å²) in [5.74, 6) is -1.24. The first kappa shape index (κ1) is 15.7. The third-order valence-corrected chi connectivity index (χ3v) is 4.53. The average Bonchev–Trinajstić information content (AvgIpc) is 2.80. The van der Waals surface area contributed by atoms with Gasteiger partial charge in [0.05, 0.1) is 0 Å². The fraction of sp³-hybridized carbons (Fsp3) is 0.222. The van der Waals surface area contributed by atoms with Crippen LogP contribution in [-0.2, 0) is 4.79 Å². The van der Waals surface area contributed by atoms with Crippen LogP contribution in [0.25, 0.3) is 0 Å². The van der Waals surface area contributed by atoms with Gasteiger partial charge in [0, 0.05) is 23.6 Å². The molecule has 4 nitrogen and oxygen atoms in total. The zero-order chi connectivity index (χ0) is 16.6. The summed E-state index contributed by atoms with van der Waals surface area (Å²) in [6, 6.07) is 14.9. The Morgan fingerprint density at radius 1 is 1.09 bits per heavy atom. The number of benzene rings is 2. The predicted molar refractivity (Wildman–Crippen MR) is 87.5 cm³/mol. The van der Waals surface area contributed by atoms with Gasteiger partial charge in [-0.05, 0) is 17.7 Å². The number of hydrogen-bond donors (Lipinski definition) is 1. The fourth-order valence-electron chi connectivity index (χ4n) is 3.07. The van der Waals surface area contributed by atoms with Crippen LogP contribution in [0.1, 0.15) is 21.8 Å². The summed E-state index contributed by atoms with van der Waals surface area (Å²) in [4.78, 5) is 26.4. The largest absolute Gasteiger partial charge is 0.383 e. The summed E-state index contributed by atoms with van der Waals surface area (Å²) in [7, 11) is 1.55. The molecule has 0 aliphatic carbocycles. The van der Waals surface area contributed by atoms with Crippen molar-refractivity contribution < 1.29 is 14.7 Å². The highest BCUT2D eigenvalue weighted by atomic mass is 35.5. The molecule has 0 spiro atoms. The molecule has 0 aromatic heterocycles. The number of aliphatic hydroxyl groups excluding tert-OH is 1. The lowest BCUT2D eigenvalue weighted by molar-refractivity contribution is -0.134. The topological polar surface area (TPSA) is 57.6 Å². The Labute approximate surface area is 139 Å². The predicted octanol–water partition coefficient (Wildman–Crippen LogP) is 2.51. The number of halogens is 1. The second-order valence-electron chi connectivity index (χ2n) is 5.65. The van der Waals surface area contributed by atoms with Crippen molar-refractivity contribution in [3.05, 3.63) is 70.7 Å². The van der Waals surface area contributed by atoms with Crippen LogP contribution >= 0.6 is 11.6 Å². The maximum absolute atomic E-state index is 12.9. The molecule has 2 aromatic rings. The molecule has 118 valence electrons. The number of aliphatic hydroxyl groups is 1. The Kier molecular flexibility index (Phi) is 4.20. The van der Waals surface area contributed by atoms with Gasteiger partial charge in [-0.25, -0.2) is 0 Å². The van der Waals surface area contributed by atoms with Gasteiger partial charge in [-0.2, -0.15) is 0 Å². The van der Waals surface area contributed by atoms with E-state index < -0.39 is 24.0 Å². The molecule has 5 heteroatoms. The molecule has 0 saturated carbocycles. The minimum absolute atomic E-state index is 0.182. The summed E-state index contributed by atoms with van der Waals surface area (Å²) in [6.45, 7) is 0. The van der Waals surface area contributed by atoms with Crippen LogP contribution in [0.15, 0.2) is 54.6 Å². The van der Waals surface area contributed by atoms with Crippen molar-refractivity contribution in [1.29, 1.82) is 0 Å². The third kappa shape index (κ3) is 2.76. The molecule has 2 unspecified atom stereocenters. The van der Waals surface area contributed by atoms with E-state index in [0.29, 0.717) is 16.1 Å². The van der Waals surface area contributed by atoms with Crippen molar-refractivity contribution in [3.63, 3.8) is 0 Å². The van der Waals surface area contributed by atoms with Gasteiger partial charge in [-0.3, -0.25) is 9.59 Å². The zero-order valence-corrected chi connectivity index (χ0v) is 13.3. The number of nitrogens with zero attached hydrogens (tertiary/aromatic N) is 1. The van der Waals surface area contributed by atoms with Gasteiger partial charge in [0.25, 0.3) is 5.91 Å². The van der Waals surface area contributed by atoms with Crippen molar-refractivity contribution in [3.8, 4) is 0 Å². The Bertz CT molecular complexity index is 730. The van der Waals surface area contributed by atoms with E-state index in [4.69, 9.17) is 11.6 Å². The quantitative estimate of drug-likeness (QED) is 0.880. The number of carbonyl (C=O) groups is 2. The number of hydrogen-bond acceptors (Lipinski definition) is 3. The van der Waals surface area contributed by atoms with Crippen molar-refractivity contribution >= 4 is 23.3 Å². The number of Topliss-reactive ketones (excluding diaryl/α,β-unsaturated/α-hetero) is 1. The summed E-state index contributed by atoms with van der Waals surface area (Å²) in [6.07, 6.45) is -1.24. The van der Waals surface area contributed by atoms with Crippen LogP contribution in [-0.4, -0.2) is 40.9 Å². The highest BCUT2D eigenvalue weighted by Crippen LogP contribution is 2.36. The summed E-state index contributed by atoms with van der Waals surface area (Å²) in [5, 5.41) is 10.9. The van der Waals surface area contributed by atoms with E-state index in [-0.39, 0.29) is 5.78 Å². The highest BCUT2D eigenvalue weighted by Gasteiger charge is 2.49. The number of likely N-dealkylation sites (N-methyl/N-ethyl adjacent to an activating group) is 1. The normalized spacial score (nSPS) is 24.0. The Morgan fingerprint density at radius 2 is 1.70 bits per heavy atom. The van der Waals surface area contributed by atoms with Crippen molar-refractivity contribution in [2.45, 2.75) is 18.1 Å². The first-order valence-corrected chi connectivity index (χ1v) is 7.68. The zero-order valence-electron chi connectivity index (χ0n) is 12.5. The fourth-order valence-corrected chi connectivity index (χ4v) is 3.20. The van der Waals surface area contributed by atoms with Crippen LogP contribution in [0, 0.1) is 0 Å². The molecule has 3 atom stereocenters. The van der Waals surface area contributed by atoms with E-state index in [1.165, 1.54) is 4.90 Å². The lowest BCUT2D eigenvalue weighted by Gasteiger charge is -2.24. The molecule has 1 heterocycles. The van der Waals surface area contributed by atoms with Gasteiger partial charge >= 0.3 is 0 Å². The van der Waals surface area contributed by atoms with Gasteiger partial charge in [-0.1, -0.05) is 54.1 Å². The number of ketones is 1. The number of rotatable bonds is 3. The van der Waals surface area contributed by atoms with Gasteiger partial charge < -0.3 is 10.0 Å². The monoisotopic (exact) mass is 329 g/mol. The first-order valence-electron chi connectivity index (χ1n) is 7.30. The number of likely N-dealkylation sites (tertiary alicyclic amines) is 1. The minimum Gasteiger partial charge on any atom is -0.383 e. The molecule has 1 fully saturated rings. The van der Waals surface area contributed by atoms with Gasteiger partial charge in [0.2, 0.25) is 0 Å². The summed E-state index contributed by atoms with van der Waals surface area (Å²) >= 11 is 5.90. The van der Waals surface area contributed by atoms with E-state index in [0.717, 1.165) is 0 Å². The van der Waals surface area contributed by atoms with Gasteiger partial charge in [0.1, 0.15) is 12.1 Å². The van der Waals surface area contributed by atoms with Crippen LogP contribution in [0.5, 0.6) is 0 Å². The standard InChI is InChI=1S/C18H16ClNO3/c1-20-15(16(21)12-5-3-2-4-6-12)14(17(22)18(20)23)11-7-9-13(19)10-8-11/h2-10,14-15,17,22H,1H3/t14?,15-,17?/m0/s1. The maximum atomic E-state index is 12.9. The van der Waals surface area contributed by atoms with Gasteiger partial charge in [0.15, 0.2) is 5.78 Å². The summed E-state index contributed by atoms with van der Waals surface area (Å²) in [5.41, 5.74) is 1.24. The molecular weight excluding hydrogens is 314 g/mol. The number of amides is 1. The first-order chi connectivity index (χ1) is 11.0. The van der Waals surface area contributed by atoms with Crippen LogP contribution in [0.4, 0.5) is 0 Å². The van der Waals surface area contributed by atoms with Crippen LogP contribution in [0.3, 0.4) is 0 Å². The lowest BCUT2D eigenvalue weighted by atomic mass is 9.86. The molecular formula is C18H16ClNO3. The second-order valence-corrected chi connectivity index (χ2v) is 6.08. The van der Waals surface area contributed by atoms with Crippen LogP contribution < -0.4 is 0 Å². The van der Waals surface area contributed by atoms with E-state index in [1.54, 1.807) is 55.6 Å². The number of carbonyl (C=O) groups excluding carboxylic acids is 2. The third-order valence-electron chi connectivity index (χ3n) is 4.28. The Balaban J connectivity index is 2.02. The van der Waals surface area contributed by atoms with E-state index in [2.05, 4.69) is 0 Å². The second kappa shape index (κ2) is 6.14. The van der Waals surface area contributed by atoms with Crippen LogP contribution in [0.2, 0.25) is 5.02 Å². The maximum Gasteiger partial charge on any atom is 0.252 e. The molecule has 2 aromatic carbocycles. The Morgan fingerprint density at radius 3 is 2.30 bits per heavy atom. The Hall–Kier alpha value is -2.17. The molecule has 0 bridgehead atoms. The van der Waals surface area contributed by atoms with Crippen molar-refractivity contribution in [2.75, 3.05) is 7.05 Å². The molecule has 1 amide bonds. The molecule has 23 heavy (non-hydrogen) atoms. The van der Waals surface area contributed by atoms with Crippen molar-refractivity contribution in [2.24, 2.45) is 0 Å². The smallest absolute Gasteiger partial charge is 0.252 e. The highest BCUT2D eigenvalue weighted by molar-refractivity contribution is 6.30. The van der Waals surface area contributed by atoms with E-state index >= 15 is 0 Å². The summed E-state index contributed by atoms with van der Waals surface area (Å²) < 4.78 is 0. The molecule has 1 aliphatic rings.